The largest absolute Gasteiger partial charge is 0.495 e. The van der Waals surface area contributed by atoms with Crippen LogP contribution in [0.4, 0.5) is 0 Å². The van der Waals surface area contributed by atoms with Crippen molar-refractivity contribution in [3.63, 3.8) is 0 Å². The summed E-state index contributed by atoms with van der Waals surface area (Å²) in [6.07, 6.45) is 0.613. The van der Waals surface area contributed by atoms with Crippen molar-refractivity contribution >= 4 is 10.0 Å². The SMILES string of the molecule is COc1cc2c(cc1OC)CN(S(=O)(=O)c1cc(C)c(C)cc1OC)CC2. The maximum atomic E-state index is 13.3. The lowest BCUT2D eigenvalue weighted by atomic mass is 10.0. The summed E-state index contributed by atoms with van der Waals surface area (Å²) in [6, 6.07) is 7.24. The van der Waals surface area contributed by atoms with E-state index in [-0.39, 0.29) is 11.4 Å². The summed E-state index contributed by atoms with van der Waals surface area (Å²) in [4.78, 5) is 0.206. The number of rotatable bonds is 5. The van der Waals surface area contributed by atoms with Crippen molar-refractivity contribution in [2.45, 2.75) is 31.7 Å². The van der Waals surface area contributed by atoms with Gasteiger partial charge < -0.3 is 14.2 Å². The highest BCUT2D eigenvalue weighted by molar-refractivity contribution is 7.89. The summed E-state index contributed by atoms with van der Waals surface area (Å²) in [5, 5.41) is 0. The highest BCUT2D eigenvalue weighted by atomic mass is 32.2. The number of benzene rings is 2. The third-order valence-corrected chi connectivity index (χ3v) is 6.95. The number of hydrogen-bond donors (Lipinski definition) is 0. The molecule has 0 amide bonds. The van der Waals surface area contributed by atoms with Crippen molar-refractivity contribution in [3.8, 4) is 17.2 Å². The Balaban J connectivity index is 2.00. The first kappa shape index (κ1) is 19.5. The van der Waals surface area contributed by atoms with Crippen LogP contribution in [0.5, 0.6) is 17.2 Å². The van der Waals surface area contributed by atoms with Crippen LogP contribution in [0.2, 0.25) is 0 Å². The van der Waals surface area contributed by atoms with Gasteiger partial charge in [0.05, 0.1) is 21.3 Å². The first-order chi connectivity index (χ1) is 12.8. The molecule has 0 aliphatic carbocycles. The standard InChI is InChI=1S/C20H25NO5S/c1-13-8-19(26-5)20(9-14(13)2)27(22,23)21-7-6-15-10-17(24-3)18(25-4)11-16(15)12-21/h8-11H,6-7,12H2,1-5H3. The van der Waals surface area contributed by atoms with Crippen LogP contribution < -0.4 is 14.2 Å². The number of ether oxygens (including phenoxy) is 3. The summed E-state index contributed by atoms with van der Waals surface area (Å²) >= 11 is 0. The molecule has 1 heterocycles. The monoisotopic (exact) mass is 391 g/mol. The van der Waals surface area contributed by atoms with Crippen LogP contribution in [0.25, 0.3) is 0 Å². The quantitative estimate of drug-likeness (QED) is 0.784. The molecule has 0 unspecified atom stereocenters. The van der Waals surface area contributed by atoms with E-state index in [0.717, 1.165) is 22.3 Å². The molecule has 1 aliphatic rings. The minimum absolute atomic E-state index is 0.206. The fraction of sp³-hybridized carbons (Fsp3) is 0.400. The van der Waals surface area contributed by atoms with E-state index in [1.54, 1.807) is 26.4 Å². The van der Waals surface area contributed by atoms with Gasteiger partial charge in [0.25, 0.3) is 0 Å². The average Bonchev–Trinajstić information content (AvgIpc) is 2.67. The fourth-order valence-corrected chi connectivity index (χ4v) is 4.97. The lowest BCUT2D eigenvalue weighted by molar-refractivity contribution is 0.348. The minimum atomic E-state index is -3.69. The second-order valence-corrected chi connectivity index (χ2v) is 8.56. The zero-order valence-electron chi connectivity index (χ0n) is 16.3. The van der Waals surface area contributed by atoms with Crippen molar-refractivity contribution in [2.75, 3.05) is 27.9 Å². The van der Waals surface area contributed by atoms with E-state index in [2.05, 4.69) is 0 Å². The molecule has 0 radical (unpaired) electrons. The molecule has 6 nitrogen and oxygen atoms in total. The van der Waals surface area contributed by atoms with Gasteiger partial charge in [-0.25, -0.2) is 8.42 Å². The molecule has 146 valence electrons. The fourth-order valence-electron chi connectivity index (χ4n) is 3.33. The number of hydrogen-bond acceptors (Lipinski definition) is 5. The van der Waals surface area contributed by atoms with Crippen LogP contribution >= 0.6 is 0 Å². The van der Waals surface area contributed by atoms with E-state index in [1.165, 1.54) is 11.4 Å². The molecule has 0 atom stereocenters. The molecule has 0 spiro atoms. The normalized spacial score (nSPS) is 14.6. The van der Waals surface area contributed by atoms with Gasteiger partial charge in [0.1, 0.15) is 10.6 Å². The third kappa shape index (κ3) is 3.49. The van der Waals surface area contributed by atoms with Gasteiger partial charge in [0, 0.05) is 13.1 Å². The Bertz CT molecular complexity index is 969. The molecular formula is C20H25NO5S. The minimum Gasteiger partial charge on any atom is -0.495 e. The summed E-state index contributed by atoms with van der Waals surface area (Å²) in [6.45, 7) is 4.52. The van der Waals surface area contributed by atoms with Gasteiger partial charge in [-0.2, -0.15) is 4.31 Å². The lowest BCUT2D eigenvalue weighted by Crippen LogP contribution is -2.36. The Morgan fingerprint density at radius 2 is 1.37 bits per heavy atom. The van der Waals surface area contributed by atoms with Crippen LogP contribution in [-0.2, 0) is 23.0 Å². The van der Waals surface area contributed by atoms with E-state index < -0.39 is 10.0 Å². The average molecular weight is 391 g/mol. The van der Waals surface area contributed by atoms with E-state index in [4.69, 9.17) is 14.2 Å². The highest BCUT2D eigenvalue weighted by Crippen LogP contribution is 2.36. The number of sulfonamides is 1. The molecule has 0 fully saturated rings. The Kier molecular flexibility index (Phi) is 5.35. The first-order valence-corrected chi connectivity index (χ1v) is 10.1. The molecule has 1 aliphatic heterocycles. The summed E-state index contributed by atoms with van der Waals surface area (Å²) in [7, 11) is 0.970. The number of aryl methyl sites for hydroxylation is 2. The molecule has 7 heteroatoms. The zero-order valence-corrected chi connectivity index (χ0v) is 17.1. The Morgan fingerprint density at radius 3 is 1.96 bits per heavy atom. The summed E-state index contributed by atoms with van der Waals surface area (Å²) < 4.78 is 44.2. The second kappa shape index (κ2) is 7.40. The van der Waals surface area contributed by atoms with Crippen LogP contribution in [0.3, 0.4) is 0 Å². The zero-order chi connectivity index (χ0) is 19.8. The van der Waals surface area contributed by atoms with E-state index in [1.807, 2.05) is 26.0 Å². The van der Waals surface area contributed by atoms with E-state index in [0.29, 0.717) is 30.2 Å². The molecule has 3 rings (SSSR count). The van der Waals surface area contributed by atoms with Crippen LogP contribution in [0.1, 0.15) is 22.3 Å². The van der Waals surface area contributed by atoms with E-state index >= 15 is 0 Å². The molecule has 27 heavy (non-hydrogen) atoms. The predicted octanol–water partition coefficient (Wildman–Crippen LogP) is 3.08. The Labute approximate surface area is 160 Å². The molecule has 2 aromatic carbocycles. The Morgan fingerprint density at radius 1 is 0.815 bits per heavy atom. The third-order valence-electron chi connectivity index (χ3n) is 5.08. The van der Waals surface area contributed by atoms with Crippen molar-refractivity contribution in [1.82, 2.24) is 4.31 Å². The maximum Gasteiger partial charge on any atom is 0.247 e. The van der Waals surface area contributed by atoms with Crippen LogP contribution in [0.15, 0.2) is 29.2 Å². The smallest absolute Gasteiger partial charge is 0.247 e. The number of methoxy groups -OCH3 is 3. The van der Waals surface area contributed by atoms with E-state index in [9.17, 15) is 8.42 Å². The van der Waals surface area contributed by atoms with Gasteiger partial charge >= 0.3 is 0 Å². The summed E-state index contributed by atoms with van der Waals surface area (Å²) in [5.74, 6) is 1.62. The van der Waals surface area contributed by atoms with Crippen molar-refractivity contribution in [3.05, 3.63) is 46.5 Å². The molecule has 0 bridgehead atoms. The van der Waals surface area contributed by atoms with Gasteiger partial charge in [-0.15, -0.1) is 0 Å². The van der Waals surface area contributed by atoms with Gasteiger partial charge in [0.15, 0.2) is 11.5 Å². The molecule has 0 aromatic heterocycles. The van der Waals surface area contributed by atoms with Crippen molar-refractivity contribution in [1.29, 1.82) is 0 Å². The molecule has 0 N–H and O–H groups in total. The van der Waals surface area contributed by atoms with Crippen molar-refractivity contribution in [2.24, 2.45) is 0 Å². The van der Waals surface area contributed by atoms with Crippen molar-refractivity contribution < 1.29 is 22.6 Å². The van der Waals surface area contributed by atoms with Crippen LogP contribution in [0, 0.1) is 13.8 Å². The molecule has 0 saturated carbocycles. The predicted molar refractivity (Wildman–Crippen MR) is 103 cm³/mol. The lowest BCUT2D eigenvalue weighted by Gasteiger charge is -2.29. The molecule has 2 aromatic rings. The highest BCUT2D eigenvalue weighted by Gasteiger charge is 2.31. The first-order valence-electron chi connectivity index (χ1n) is 8.71. The van der Waals surface area contributed by atoms with Gasteiger partial charge in [0.2, 0.25) is 10.0 Å². The van der Waals surface area contributed by atoms with Gasteiger partial charge in [-0.3, -0.25) is 0 Å². The maximum absolute atomic E-state index is 13.3. The van der Waals surface area contributed by atoms with Gasteiger partial charge in [-0.1, -0.05) is 0 Å². The number of fused-ring (bicyclic) bond motifs is 1. The second-order valence-electron chi connectivity index (χ2n) is 6.65. The summed E-state index contributed by atoms with van der Waals surface area (Å²) in [5.41, 5.74) is 3.90. The number of nitrogens with zero attached hydrogens (tertiary/aromatic N) is 1. The van der Waals surface area contributed by atoms with Gasteiger partial charge in [-0.05, 0) is 66.8 Å². The molecule has 0 saturated heterocycles. The topological polar surface area (TPSA) is 65.1 Å². The van der Waals surface area contributed by atoms with Crippen LogP contribution in [-0.4, -0.2) is 40.6 Å². The Hall–Kier alpha value is -2.25. The molecular weight excluding hydrogens is 366 g/mol.